The lowest BCUT2D eigenvalue weighted by atomic mass is 10.2. The highest BCUT2D eigenvalue weighted by atomic mass is 31.2. The van der Waals surface area contributed by atoms with Crippen molar-refractivity contribution in [2.75, 3.05) is 13.2 Å². The summed E-state index contributed by atoms with van der Waals surface area (Å²) < 4.78 is 29.0. The number of nitrogens with two attached hydrogens (primary N) is 1. The molecular formula is C16H33N2O7P. The molecule has 10 heteroatoms. The molecule has 26 heavy (non-hydrogen) atoms. The Morgan fingerprint density at radius 1 is 1.08 bits per heavy atom. The van der Waals surface area contributed by atoms with E-state index >= 15 is 0 Å². The molecule has 0 aliphatic rings. The Labute approximate surface area is 155 Å². The van der Waals surface area contributed by atoms with Crippen molar-refractivity contribution < 1.29 is 32.8 Å². The van der Waals surface area contributed by atoms with Gasteiger partial charge in [0.2, 0.25) is 5.91 Å². The summed E-state index contributed by atoms with van der Waals surface area (Å²) in [5, 5.41) is 11.1. The van der Waals surface area contributed by atoms with Crippen molar-refractivity contribution in [3.05, 3.63) is 0 Å². The van der Waals surface area contributed by atoms with Gasteiger partial charge in [-0.05, 0) is 54.4 Å². The van der Waals surface area contributed by atoms with E-state index < -0.39 is 36.9 Å². The molecule has 0 spiro atoms. The minimum atomic E-state index is -3.93. The topological polar surface area (TPSA) is 137 Å². The maximum absolute atomic E-state index is 12.8. The first kappa shape index (κ1) is 25.0. The summed E-state index contributed by atoms with van der Waals surface area (Å²) in [7, 11) is -3.93. The van der Waals surface area contributed by atoms with Crippen LogP contribution in [-0.4, -0.2) is 47.4 Å². The third-order valence-corrected chi connectivity index (χ3v) is 4.64. The van der Waals surface area contributed by atoms with Gasteiger partial charge in [-0.3, -0.25) is 23.2 Å². The minimum Gasteiger partial charge on any atom is -0.481 e. The highest BCUT2D eigenvalue weighted by Crippen LogP contribution is 2.55. The Kier molecular flexibility index (Phi) is 9.98. The molecule has 1 amide bonds. The summed E-state index contributed by atoms with van der Waals surface area (Å²) in [6.45, 7) is 10.2. The van der Waals surface area contributed by atoms with Crippen molar-refractivity contribution in [3.63, 3.8) is 0 Å². The predicted octanol–water partition coefficient (Wildman–Crippen LogP) is 2.44. The molecule has 0 aromatic heterocycles. The standard InChI is InChI=1S/C16H33N2O7P/c1-15(2,3)24-26(22,25-16(4,5)6)23-11-12(17)14(21)18-10-8-7-9-13(19)20/h12H,7-11,17H2,1-6H3,(H,18,21)(H,19,20). The Morgan fingerprint density at radius 3 is 2.00 bits per heavy atom. The average Bonchev–Trinajstić information content (AvgIpc) is 2.39. The van der Waals surface area contributed by atoms with Crippen molar-refractivity contribution in [3.8, 4) is 0 Å². The lowest BCUT2D eigenvalue weighted by molar-refractivity contribution is -0.137. The molecule has 0 saturated heterocycles. The van der Waals surface area contributed by atoms with Gasteiger partial charge in [-0.25, -0.2) is 4.57 Å². The molecule has 0 aliphatic heterocycles. The highest BCUT2D eigenvalue weighted by Gasteiger charge is 2.38. The number of hydrogen-bond acceptors (Lipinski definition) is 7. The zero-order chi connectivity index (χ0) is 20.6. The molecule has 4 N–H and O–H groups in total. The van der Waals surface area contributed by atoms with Crippen LogP contribution in [0.4, 0.5) is 0 Å². The molecular weight excluding hydrogens is 363 g/mol. The zero-order valence-electron chi connectivity index (χ0n) is 16.5. The van der Waals surface area contributed by atoms with E-state index in [4.69, 9.17) is 24.4 Å². The van der Waals surface area contributed by atoms with Gasteiger partial charge >= 0.3 is 13.8 Å². The van der Waals surface area contributed by atoms with Crippen molar-refractivity contribution in [1.29, 1.82) is 0 Å². The van der Waals surface area contributed by atoms with Crippen LogP contribution in [-0.2, 0) is 27.7 Å². The van der Waals surface area contributed by atoms with Crippen LogP contribution < -0.4 is 11.1 Å². The minimum absolute atomic E-state index is 0.0441. The van der Waals surface area contributed by atoms with E-state index in [2.05, 4.69) is 5.32 Å². The first-order valence-electron chi connectivity index (χ1n) is 8.55. The zero-order valence-corrected chi connectivity index (χ0v) is 17.4. The number of amides is 1. The number of phosphoric acid groups is 1. The Hall–Kier alpha value is -0.990. The third kappa shape index (κ3) is 13.2. The molecule has 0 aromatic rings. The van der Waals surface area contributed by atoms with E-state index in [0.29, 0.717) is 19.4 Å². The summed E-state index contributed by atoms with van der Waals surface area (Å²) in [6, 6.07) is -1.06. The third-order valence-electron chi connectivity index (χ3n) is 2.64. The first-order chi connectivity index (χ1) is 11.6. The fraction of sp³-hybridized carbons (Fsp3) is 0.875. The fourth-order valence-electron chi connectivity index (χ4n) is 1.73. The predicted molar refractivity (Wildman–Crippen MR) is 97.7 cm³/mol. The van der Waals surface area contributed by atoms with E-state index in [0.717, 1.165) is 0 Å². The van der Waals surface area contributed by atoms with Crippen LogP contribution in [0.25, 0.3) is 0 Å². The lowest BCUT2D eigenvalue weighted by Crippen LogP contribution is -2.44. The molecule has 0 radical (unpaired) electrons. The highest BCUT2D eigenvalue weighted by molar-refractivity contribution is 7.48. The van der Waals surface area contributed by atoms with E-state index in [-0.39, 0.29) is 13.0 Å². The van der Waals surface area contributed by atoms with Crippen molar-refractivity contribution in [1.82, 2.24) is 5.32 Å². The van der Waals surface area contributed by atoms with E-state index in [1.165, 1.54) is 0 Å². The number of carboxylic acids is 1. The van der Waals surface area contributed by atoms with Gasteiger partial charge in [-0.15, -0.1) is 0 Å². The smallest absolute Gasteiger partial charge is 0.475 e. The first-order valence-corrected chi connectivity index (χ1v) is 10.0. The average molecular weight is 396 g/mol. The largest absolute Gasteiger partial charge is 0.481 e. The second kappa shape index (κ2) is 10.4. The molecule has 0 heterocycles. The Bertz CT molecular complexity index is 492. The second-order valence-corrected chi connectivity index (χ2v) is 9.42. The van der Waals surface area contributed by atoms with Crippen LogP contribution in [0, 0.1) is 0 Å². The van der Waals surface area contributed by atoms with Gasteiger partial charge in [0, 0.05) is 13.0 Å². The van der Waals surface area contributed by atoms with Crippen LogP contribution in [0.15, 0.2) is 0 Å². The Morgan fingerprint density at radius 2 is 1.58 bits per heavy atom. The monoisotopic (exact) mass is 396 g/mol. The van der Waals surface area contributed by atoms with E-state index in [1.807, 2.05) is 0 Å². The summed E-state index contributed by atoms with van der Waals surface area (Å²) in [5.74, 6) is -1.37. The summed E-state index contributed by atoms with van der Waals surface area (Å²) in [5.41, 5.74) is 4.19. The second-order valence-electron chi connectivity index (χ2n) is 7.90. The maximum atomic E-state index is 12.8. The summed E-state index contributed by atoms with van der Waals surface area (Å²) >= 11 is 0. The summed E-state index contributed by atoms with van der Waals surface area (Å²) in [6.07, 6.45) is 1.02. The molecule has 0 aliphatic carbocycles. The number of nitrogens with one attached hydrogen (secondary N) is 1. The van der Waals surface area contributed by atoms with Crippen LogP contribution >= 0.6 is 7.82 Å². The molecule has 1 unspecified atom stereocenters. The number of carboxylic acid groups (broad SMARTS) is 1. The van der Waals surface area contributed by atoms with Gasteiger partial charge in [0.15, 0.2) is 0 Å². The van der Waals surface area contributed by atoms with Crippen LogP contribution in [0.5, 0.6) is 0 Å². The molecule has 0 aromatic carbocycles. The van der Waals surface area contributed by atoms with Crippen molar-refractivity contribution >= 4 is 19.7 Å². The molecule has 154 valence electrons. The van der Waals surface area contributed by atoms with Crippen LogP contribution in [0.3, 0.4) is 0 Å². The maximum Gasteiger partial charge on any atom is 0.475 e. The van der Waals surface area contributed by atoms with Gasteiger partial charge < -0.3 is 16.2 Å². The van der Waals surface area contributed by atoms with Gasteiger partial charge in [0.05, 0.1) is 17.8 Å². The van der Waals surface area contributed by atoms with Gasteiger partial charge in [0.1, 0.15) is 6.04 Å². The quantitative estimate of drug-likeness (QED) is 0.358. The molecule has 0 saturated carbocycles. The van der Waals surface area contributed by atoms with Gasteiger partial charge in [-0.1, -0.05) is 0 Å². The fourth-order valence-corrected chi connectivity index (χ4v) is 3.56. The van der Waals surface area contributed by atoms with Crippen molar-refractivity contribution in [2.24, 2.45) is 5.73 Å². The molecule has 1 atom stereocenters. The number of rotatable bonds is 11. The number of unbranched alkanes of at least 4 members (excludes halogenated alkanes) is 1. The number of hydrogen-bond donors (Lipinski definition) is 3. The van der Waals surface area contributed by atoms with Crippen LogP contribution in [0.1, 0.15) is 60.8 Å². The van der Waals surface area contributed by atoms with Crippen molar-refractivity contribution in [2.45, 2.75) is 78.0 Å². The van der Waals surface area contributed by atoms with E-state index in [9.17, 15) is 14.2 Å². The normalized spacial score (nSPS) is 14.1. The number of carbonyl (C=O) groups is 2. The SMILES string of the molecule is CC(C)(C)OP(=O)(OCC(N)C(=O)NCCCCC(=O)O)OC(C)(C)C. The van der Waals surface area contributed by atoms with Gasteiger partial charge in [0.25, 0.3) is 0 Å². The molecule has 0 rings (SSSR count). The number of phosphoric ester groups is 1. The summed E-state index contributed by atoms with van der Waals surface area (Å²) in [4.78, 5) is 22.3. The molecule has 0 fully saturated rings. The molecule has 9 nitrogen and oxygen atoms in total. The van der Waals surface area contributed by atoms with E-state index in [1.54, 1.807) is 41.5 Å². The molecule has 0 bridgehead atoms. The lowest BCUT2D eigenvalue weighted by Gasteiger charge is -2.31. The number of aliphatic carboxylic acids is 1. The van der Waals surface area contributed by atoms with Gasteiger partial charge in [-0.2, -0.15) is 0 Å². The Balaban J connectivity index is 4.54. The van der Waals surface area contributed by atoms with Crippen LogP contribution in [0.2, 0.25) is 0 Å². The number of carbonyl (C=O) groups excluding carboxylic acids is 1.